The minimum absolute atomic E-state index is 0.0398. The molecule has 6 rings (SSSR count). The van der Waals surface area contributed by atoms with Crippen molar-refractivity contribution in [3.8, 4) is 0 Å². The summed E-state index contributed by atoms with van der Waals surface area (Å²) in [5.74, 6) is -1.58. The summed E-state index contributed by atoms with van der Waals surface area (Å²) in [6, 6.07) is 3.52. The molecule has 0 aromatic carbocycles. The highest BCUT2D eigenvalue weighted by molar-refractivity contribution is 9.10. The number of ether oxygens (including phenoxy) is 2. The Morgan fingerprint density at radius 2 is 2.11 bits per heavy atom. The number of alkyl halides is 1. The molecule has 0 bridgehead atoms. The third kappa shape index (κ3) is 2.78. The van der Waals surface area contributed by atoms with Crippen LogP contribution >= 0.6 is 15.9 Å². The lowest BCUT2D eigenvalue weighted by Crippen LogP contribution is -2.69. The van der Waals surface area contributed by atoms with Crippen molar-refractivity contribution in [2.75, 3.05) is 6.61 Å². The van der Waals surface area contributed by atoms with Gasteiger partial charge < -0.3 is 19.7 Å². The Hall–Kier alpha value is -1.78. The number of carbonyl (C=O) groups excluding carboxylic acids is 2. The van der Waals surface area contributed by atoms with Gasteiger partial charge in [0.15, 0.2) is 29.1 Å². The van der Waals surface area contributed by atoms with E-state index in [9.17, 15) is 19.8 Å². The molecule has 1 aliphatic heterocycles. The normalized spacial score (nSPS) is 47.0. The van der Waals surface area contributed by atoms with Gasteiger partial charge in [-0.25, -0.2) is 9.37 Å². The molecule has 36 heavy (non-hydrogen) atoms. The van der Waals surface area contributed by atoms with Gasteiger partial charge >= 0.3 is 0 Å². The van der Waals surface area contributed by atoms with Crippen molar-refractivity contribution in [2.24, 2.45) is 22.7 Å². The number of nitrogens with zero attached hydrogens (tertiary/aromatic N) is 1. The van der Waals surface area contributed by atoms with Gasteiger partial charge in [-0.3, -0.25) is 9.59 Å². The van der Waals surface area contributed by atoms with E-state index in [4.69, 9.17) is 9.47 Å². The predicted octanol–water partition coefficient (Wildman–Crippen LogP) is 3.54. The number of ketones is 2. The zero-order valence-electron chi connectivity index (χ0n) is 20.1. The number of hydrogen-bond acceptors (Lipinski definition) is 7. The Morgan fingerprint density at radius 1 is 1.33 bits per heavy atom. The Balaban J connectivity index is 1.45. The number of aromatic nitrogens is 1. The first-order valence-corrected chi connectivity index (χ1v) is 13.2. The average Bonchev–Trinajstić information content (AvgIpc) is 3.34. The standard InChI is InChI=1S/C27H29BrFNO6/c1-24-8-7-15(32)10-14(24)5-6-17-18-11-21-27(20(34)13-31,25(18,2)12-19(33)26(17,24)29)36-23(35-21)16-4-3-9-30-22(16)28/h3-5,7-9,17-19,21,23,31,33H,6,10-13H2,1-2H3/t17-,18-,19-,21+,23?,24-,25-,26-,27+/m0/s1. The largest absolute Gasteiger partial charge is 0.390 e. The molecule has 9 heteroatoms. The van der Waals surface area contributed by atoms with E-state index in [-0.39, 0.29) is 24.5 Å². The maximum absolute atomic E-state index is 17.4. The molecule has 5 aliphatic rings. The van der Waals surface area contributed by atoms with Crippen molar-refractivity contribution < 1.29 is 33.7 Å². The average molecular weight is 562 g/mol. The van der Waals surface area contributed by atoms with Crippen LogP contribution in [-0.2, 0) is 19.1 Å². The molecule has 1 aromatic rings. The first-order chi connectivity index (χ1) is 17.0. The number of pyridine rings is 1. The minimum atomic E-state index is -2.02. The fourth-order valence-corrected chi connectivity index (χ4v) is 8.63. The number of rotatable bonds is 3. The van der Waals surface area contributed by atoms with E-state index in [1.807, 2.05) is 13.0 Å². The topological polar surface area (TPSA) is 106 Å². The molecule has 3 fully saturated rings. The van der Waals surface area contributed by atoms with Crippen LogP contribution in [0, 0.1) is 22.7 Å². The smallest absolute Gasteiger partial charge is 0.193 e. The van der Waals surface area contributed by atoms with Crippen LogP contribution in [-0.4, -0.2) is 56.8 Å². The highest BCUT2D eigenvalue weighted by Crippen LogP contribution is 2.72. The molecular formula is C27H29BrFNO6. The zero-order valence-corrected chi connectivity index (χ0v) is 21.7. The second kappa shape index (κ2) is 7.86. The molecule has 0 radical (unpaired) electrons. The molecule has 9 atom stereocenters. The van der Waals surface area contributed by atoms with E-state index in [1.165, 1.54) is 6.08 Å². The fourth-order valence-electron chi connectivity index (χ4n) is 8.19. The molecule has 1 saturated heterocycles. The summed E-state index contributed by atoms with van der Waals surface area (Å²) in [4.78, 5) is 29.8. The summed E-state index contributed by atoms with van der Waals surface area (Å²) in [5.41, 5.74) is -4.37. The number of fused-ring (bicyclic) bond motifs is 7. The summed E-state index contributed by atoms with van der Waals surface area (Å²) >= 11 is 3.41. The molecule has 1 unspecified atom stereocenters. The molecule has 7 nitrogen and oxygen atoms in total. The van der Waals surface area contributed by atoms with Crippen molar-refractivity contribution >= 4 is 27.5 Å². The molecule has 0 spiro atoms. The summed E-state index contributed by atoms with van der Waals surface area (Å²) in [5, 5.41) is 21.6. The lowest BCUT2D eigenvalue weighted by atomic mass is 9.45. The molecule has 2 saturated carbocycles. The summed E-state index contributed by atoms with van der Waals surface area (Å²) in [6.07, 6.45) is 4.34. The number of hydrogen-bond donors (Lipinski definition) is 2. The predicted molar refractivity (Wildman–Crippen MR) is 129 cm³/mol. The Kier molecular flexibility index (Phi) is 5.36. The van der Waals surface area contributed by atoms with Gasteiger partial charge in [0, 0.05) is 34.9 Å². The second-order valence-corrected chi connectivity index (χ2v) is 12.0. The van der Waals surface area contributed by atoms with Gasteiger partial charge in [-0.15, -0.1) is 0 Å². The number of aliphatic hydroxyl groups is 2. The third-order valence-electron chi connectivity index (χ3n) is 9.94. The lowest BCUT2D eigenvalue weighted by molar-refractivity contribution is -0.227. The molecule has 1 aromatic heterocycles. The lowest BCUT2D eigenvalue weighted by Gasteiger charge is -2.62. The van der Waals surface area contributed by atoms with Crippen molar-refractivity contribution in [1.29, 1.82) is 0 Å². The molecular weight excluding hydrogens is 533 g/mol. The zero-order chi connectivity index (χ0) is 25.7. The van der Waals surface area contributed by atoms with Crippen LogP contribution in [0.15, 0.2) is 46.7 Å². The fraction of sp³-hybridized carbons (Fsp3) is 0.593. The Morgan fingerprint density at radius 3 is 2.83 bits per heavy atom. The molecule has 2 heterocycles. The van der Waals surface area contributed by atoms with Gasteiger partial charge in [0.25, 0.3) is 0 Å². The van der Waals surface area contributed by atoms with Crippen LogP contribution < -0.4 is 0 Å². The number of aliphatic hydroxyl groups excluding tert-OH is 2. The van der Waals surface area contributed by atoms with Crippen LogP contribution in [0.25, 0.3) is 0 Å². The minimum Gasteiger partial charge on any atom is -0.390 e. The first-order valence-electron chi connectivity index (χ1n) is 12.4. The van der Waals surface area contributed by atoms with Crippen LogP contribution in [0.3, 0.4) is 0 Å². The van der Waals surface area contributed by atoms with Crippen LogP contribution in [0.1, 0.15) is 51.4 Å². The monoisotopic (exact) mass is 561 g/mol. The highest BCUT2D eigenvalue weighted by Gasteiger charge is 2.79. The van der Waals surface area contributed by atoms with Gasteiger partial charge in [0.2, 0.25) is 0 Å². The number of Topliss-reactive ketones (excluding diaryl/α,β-unsaturated/α-hetero) is 1. The third-order valence-corrected chi connectivity index (χ3v) is 10.6. The summed E-state index contributed by atoms with van der Waals surface area (Å²) in [7, 11) is 0. The second-order valence-electron chi connectivity index (χ2n) is 11.3. The van der Waals surface area contributed by atoms with Crippen molar-refractivity contribution in [3.05, 3.63) is 52.3 Å². The van der Waals surface area contributed by atoms with E-state index in [2.05, 4.69) is 20.9 Å². The highest BCUT2D eigenvalue weighted by atomic mass is 79.9. The molecule has 192 valence electrons. The van der Waals surface area contributed by atoms with E-state index in [1.54, 1.807) is 31.3 Å². The first kappa shape index (κ1) is 24.6. The van der Waals surface area contributed by atoms with Crippen molar-refractivity contribution in [1.82, 2.24) is 4.98 Å². The van der Waals surface area contributed by atoms with Gasteiger partial charge in [-0.2, -0.15) is 0 Å². The summed E-state index contributed by atoms with van der Waals surface area (Å²) in [6.45, 7) is 2.87. The number of allylic oxidation sites excluding steroid dienone is 4. The number of halogens is 2. The van der Waals surface area contributed by atoms with Gasteiger partial charge in [-0.1, -0.05) is 24.6 Å². The molecule has 2 N–H and O–H groups in total. The van der Waals surface area contributed by atoms with Gasteiger partial charge in [-0.05, 0) is 66.2 Å². The Bertz CT molecular complexity index is 1220. The SMILES string of the molecule is C[C@]12C=CC(=O)CC1=CC[C@H]1[C@@H]3C[C@H]4OC(c5cccnc5Br)O[C@@]4(C(=O)CO)[C@@]3(C)C[C@H](O)[C@@]12F. The van der Waals surface area contributed by atoms with Gasteiger partial charge in [0.05, 0.1) is 12.2 Å². The van der Waals surface area contributed by atoms with Crippen LogP contribution in [0.5, 0.6) is 0 Å². The van der Waals surface area contributed by atoms with Crippen LogP contribution in [0.2, 0.25) is 0 Å². The van der Waals surface area contributed by atoms with E-state index in [0.29, 0.717) is 28.6 Å². The maximum atomic E-state index is 17.4. The summed E-state index contributed by atoms with van der Waals surface area (Å²) < 4.78 is 30.7. The van der Waals surface area contributed by atoms with E-state index < -0.39 is 58.9 Å². The van der Waals surface area contributed by atoms with Crippen LogP contribution in [0.4, 0.5) is 4.39 Å². The van der Waals surface area contributed by atoms with E-state index in [0.717, 1.165) is 0 Å². The quantitative estimate of drug-likeness (QED) is 0.429. The number of carbonyl (C=O) groups is 2. The van der Waals surface area contributed by atoms with Gasteiger partial charge in [0.1, 0.15) is 11.2 Å². The van der Waals surface area contributed by atoms with Crippen molar-refractivity contribution in [2.45, 2.75) is 69.3 Å². The maximum Gasteiger partial charge on any atom is 0.193 e. The van der Waals surface area contributed by atoms with Crippen molar-refractivity contribution in [3.63, 3.8) is 0 Å². The van der Waals surface area contributed by atoms with E-state index >= 15 is 4.39 Å². The Labute approximate surface area is 216 Å². The molecule has 0 amide bonds. The molecule has 4 aliphatic carbocycles.